The van der Waals surface area contributed by atoms with Crippen LogP contribution in [0.4, 0.5) is 0 Å². The number of rotatable bonds is 5. The van der Waals surface area contributed by atoms with Crippen LogP contribution in [0.2, 0.25) is 0 Å². The molecule has 0 aliphatic heterocycles. The number of ether oxygens (including phenoxy) is 3. The van der Waals surface area contributed by atoms with Crippen molar-refractivity contribution in [3.8, 4) is 40.0 Å². The molecule has 0 saturated carbocycles. The smallest absolute Gasteiger partial charge is 0.254 e. The molecule has 2 aromatic heterocycles. The Morgan fingerprint density at radius 3 is 2.00 bits per heavy atom. The average Bonchev–Trinajstić information content (AvgIpc) is 3.27. The van der Waals surface area contributed by atoms with Gasteiger partial charge in [-0.1, -0.05) is 29.8 Å². The summed E-state index contributed by atoms with van der Waals surface area (Å²) in [5.41, 5.74) is 2.97. The predicted octanol–water partition coefficient (Wildman–Crippen LogP) is 3.13. The van der Waals surface area contributed by atoms with Crippen molar-refractivity contribution in [2.75, 3.05) is 21.3 Å². The molecule has 0 radical (unpaired) electrons. The summed E-state index contributed by atoms with van der Waals surface area (Å²) in [4.78, 5) is 0. The lowest BCUT2D eigenvalue weighted by molar-refractivity contribution is 0.324. The summed E-state index contributed by atoms with van der Waals surface area (Å²) in [5, 5.41) is 13.4. The summed E-state index contributed by atoms with van der Waals surface area (Å²) < 4.78 is 19.9. The van der Waals surface area contributed by atoms with E-state index in [0.29, 0.717) is 28.9 Å². The largest absolute Gasteiger partial charge is 0.493 e. The topological polar surface area (TPSA) is 75.7 Å². The van der Waals surface area contributed by atoms with Crippen molar-refractivity contribution >= 4 is 5.78 Å². The van der Waals surface area contributed by atoms with Gasteiger partial charge in [-0.15, -0.1) is 15.3 Å². The van der Waals surface area contributed by atoms with Gasteiger partial charge in [-0.05, 0) is 19.1 Å². The summed E-state index contributed by atoms with van der Waals surface area (Å²) in [6.07, 6.45) is 0. The lowest BCUT2D eigenvalue weighted by Gasteiger charge is -2.13. The Kier molecular flexibility index (Phi) is 4.38. The molecule has 2 heterocycles. The molecule has 28 heavy (non-hydrogen) atoms. The first-order valence-electron chi connectivity index (χ1n) is 8.73. The quantitative estimate of drug-likeness (QED) is 0.530. The van der Waals surface area contributed by atoms with Gasteiger partial charge in [-0.3, -0.25) is 4.57 Å². The van der Waals surface area contributed by atoms with Gasteiger partial charge in [0.1, 0.15) is 0 Å². The molecule has 8 nitrogen and oxygen atoms in total. The molecule has 0 unspecified atom stereocenters. The lowest BCUT2D eigenvalue weighted by atomic mass is 10.1. The summed E-state index contributed by atoms with van der Waals surface area (Å²) in [5.74, 6) is 3.64. The van der Waals surface area contributed by atoms with E-state index in [1.165, 1.54) is 5.56 Å². The molecule has 2 aromatic carbocycles. The second-order valence-electron chi connectivity index (χ2n) is 6.40. The number of methoxy groups -OCH3 is 3. The molecule has 0 spiro atoms. The number of nitrogens with zero attached hydrogens (tertiary/aromatic N) is 5. The molecule has 0 aliphatic rings. The van der Waals surface area contributed by atoms with Crippen molar-refractivity contribution in [3.05, 3.63) is 42.0 Å². The van der Waals surface area contributed by atoms with E-state index < -0.39 is 0 Å². The Labute approximate surface area is 162 Å². The zero-order valence-corrected chi connectivity index (χ0v) is 16.4. The lowest BCUT2D eigenvalue weighted by Crippen LogP contribution is -1.97. The Morgan fingerprint density at radius 2 is 1.43 bits per heavy atom. The Bertz CT molecular complexity index is 1120. The van der Waals surface area contributed by atoms with Crippen LogP contribution in [0.15, 0.2) is 36.4 Å². The van der Waals surface area contributed by atoms with Gasteiger partial charge in [-0.25, -0.2) is 0 Å². The maximum atomic E-state index is 5.45. The van der Waals surface area contributed by atoms with Crippen LogP contribution in [0.5, 0.6) is 17.2 Å². The molecule has 0 saturated heterocycles. The van der Waals surface area contributed by atoms with Crippen molar-refractivity contribution in [2.45, 2.75) is 6.92 Å². The third-order valence-electron chi connectivity index (χ3n) is 4.67. The molecular weight excluding hydrogens is 358 g/mol. The monoisotopic (exact) mass is 379 g/mol. The molecule has 0 fully saturated rings. The fourth-order valence-electron chi connectivity index (χ4n) is 3.17. The zero-order chi connectivity index (χ0) is 19.8. The highest BCUT2D eigenvalue weighted by Gasteiger charge is 2.20. The van der Waals surface area contributed by atoms with Crippen LogP contribution in [0.25, 0.3) is 28.6 Å². The summed E-state index contributed by atoms with van der Waals surface area (Å²) >= 11 is 0. The van der Waals surface area contributed by atoms with Crippen molar-refractivity contribution < 1.29 is 14.2 Å². The van der Waals surface area contributed by atoms with Crippen LogP contribution in [0.1, 0.15) is 5.56 Å². The molecule has 4 rings (SSSR count). The van der Waals surface area contributed by atoms with Crippen molar-refractivity contribution in [2.24, 2.45) is 7.05 Å². The van der Waals surface area contributed by atoms with Crippen LogP contribution in [-0.4, -0.2) is 45.7 Å². The number of benzene rings is 2. The van der Waals surface area contributed by atoms with Crippen LogP contribution in [0.3, 0.4) is 0 Å². The minimum absolute atomic E-state index is 0.524. The van der Waals surface area contributed by atoms with E-state index in [0.717, 1.165) is 17.0 Å². The van der Waals surface area contributed by atoms with Crippen LogP contribution < -0.4 is 14.2 Å². The highest BCUT2D eigenvalue weighted by Crippen LogP contribution is 2.40. The third-order valence-corrected chi connectivity index (χ3v) is 4.67. The second-order valence-corrected chi connectivity index (χ2v) is 6.40. The van der Waals surface area contributed by atoms with Gasteiger partial charge in [0.05, 0.1) is 21.3 Å². The van der Waals surface area contributed by atoms with Gasteiger partial charge in [0, 0.05) is 18.2 Å². The first kappa shape index (κ1) is 17.8. The highest BCUT2D eigenvalue weighted by molar-refractivity contribution is 5.69. The maximum Gasteiger partial charge on any atom is 0.254 e. The predicted molar refractivity (Wildman–Crippen MR) is 105 cm³/mol. The average molecular weight is 379 g/mol. The minimum atomic E-state index is 0.524. The summed E-state index contributed by atoms with van der Waals surface area (Å²) in [6.45, 7) is 2.06. The molecule has 0 atom stereocenters. The van der Waals surface area contributed by atoms with Gasteiger partial charge in [0.2, 0.25) is 5.75 Å². The van der Waals surface area contributed by atoms with E-state index in [1.807, 2.05) is 35.9 Å². The molecule has 0 aliphatic carbocycles. The fourth-order valence-corrected chi connectivity index (χ4v) is 3.17. The SMILES string of the molecule is COc1cc(-c2nnc3n(C)c(-c4ccc(C)cc4)nn23)cc(OC)c1OC. The number of fused-ring (bicyclic) bond motifs is 1. The third kappa shape index (κ3) is 2.74. The number of aryl methyl sites for hydroxylation is 2. The summed E-state index contributed by atoms with van der Waals surface area (Å²) in [6, 6.07) is 11.9. The molecule has 0 bridgehead atoms. The fraction of sp³-hybridized carbons (Fsp3) is 0.250. The molecule has 144 valence electrons. The molecule has 4 aromatic rings. The first-order chi connectivity index (χ1) is 13.6. The van der Waals surface area contributed by atoms with E-state index in [9.17, 15) is 0 Å². The maximum absolute atomic E-state index is 5.45. The number of hydrogen-bond donors (Lipinski definition) is 0. The molecular formula is C20H21N5O3. The summed E-state index contributed by atoms with van der Waals surface area (Å²) in [7, 11) is 6.65. The number of aromatic nitrogens is 5. The van der Waals surface area contributed by atoms with Crippen molar-refractivity contribution in [1.29, 1.82) is 0 Å². The van der Waals surface area contributed by atoms with E-state index in [4.69, 9.17) is 19.3 Å². The highest BCUT2D eigenvalue weighted by atomic mass is 16.5. The Morgan fingerprint density at radius 1 is 0.786 bits per heavy atom. The van der Waals surface area contributed by atoms with E-state index in [2.05, 4.69) is 29.3 Å². The normalized spacial score (nSPS) is 11.0. The second kappa shape index (κ2) is 6.88. The molecule has 8 heteroatoms. The van der Waals surface area contributed by atoms with Crippen LogP contribution in [-0.2, 0) is 7.05 Å². The van der Waals surface area contributed by atoms with Crippen LogP contribution >= 0.6 is 0 Å². The van der Waals surface area contributed by atoms with Gasteiger partial charge < -0.3 is 14.2 Å². The standard InChI is InChI=1S/C20H21N5O3/c1-12-6-8-13(9-7-12)19-23-25-18(21-22-20(25)24(19)2)14-10-15(26-3)17(28-5)16(11-14)27-4/h6-11H,1-5H3. The molecule has 0 N–H and O–H groups in total. The van der Waals surface area contributed by atoms with Crippen molar-refractivity contribution in [3.63, 3.8) is 0 Å². The minimum Gasteiger partial charge on any atom is -0.493 e. The first-order valence-corrected chi connectivity index (χ1v) is 8.73. The van der Waals surface area contributed by atoms with Crippen molar-refractivity contribution in [1.82, 2.24) is 24.4 Å². The van der Waals surface area contributed by atoms with E-state index in [-0.39, 0.29) is 0 Å². The molecule has 0 amide bonds. The van der Waals surface area contributed by atoms with Gasteiger partial charge in [0.15, 0.2) is 23.1 Å². The Hall–Kier alpha value is -3.55. The van der Waals surface area contributed by atoms with Gasteiger partial charge >= 0.3 is 0 Å². The van der Waals surface area contributed by atoms with E-state index in [1.54, 1.807) is 25.8 Å². The number of hydrogen-bond acceptors (Lipinski definition) is 6. The van der Waals surface area contributed by atoms with Crippen LogP contribution in [0, 0.1) is 6.92 Å². The van der Waals surface area contributed by atoms with Gasteiger partial charge in [0.25, 0.3) is 5.78 Å². The van der Waals surface area contributed by atoms with E-state index >= 15 is 0 Å². The zero-order valence-electron chi connectivity index (χ0n) is 16.4. The van der Waals surface area contributed by atoms with Gasteiger partial charge in [-0.2, -0.15) is 4.52 Å². The Balaban J connectivity index is 1.89.